The highest BCUT2D eigenvalue weighted by molar-refractivity contribution is 5.60. The maximum atomic E-state index is 12.0. The monoisotopic (exact) mass is 254 g/mol. The summed E-state index contributed by atoms with van der Waals surface area (Å²) in [5, 5.41) is 2.93. The zero-order valence-electron chi connectivity index (χ0n) is 10.8. The molecule has 0 aliphatic rings. The Morgan fingerprint density at radius 1 is 1.21 bits per heavy atom. The number of fused-ring (bicyclic) bond motifs is 1. The van der Waals surface area contributed by atoms with Gasteiger partial charge in [0.2, 0.25) is 0 Å². The highest BCUT2D eigenvalue weighted by Gasteiger charge is 2.08. The van der Waals surface area contributed by atoms with E-state index in [9.17, 15) is 4.79 Å². The van der Waals surface area contributed by atoms with Gasteiger partial charge in [-0.3, -0.25) is 9.89 Å². The summed E-state index contributed by atoms with van der Waals surface area (Å²) in [6, 6.07) is 9.44. The van der Waals surface area contributed by atoms with E-state index in [4.69, 9.17) is 0 Å². The molecule has 1 aromatic carbocycles. The first-order valence-corrected chi connectivity index (χ1v) is 6.23. The van der Waals surface area contributed by atoms with Gasteiger partial charge in [-0.1, -0.05) is 36.8 Å². The lowest BCUT2D eigenvalue weighted by molar-refractivity contribution is 0.855. The van der Waals surface area contributed by atoms with E-state index in [0.717, 1.165) is 17.8 Å². The van der Waals surface area contributed by atoms with Crippen LogP contribution >= 0.6 is 0 Å². The summed E-state index contributed by atoms with van der Waals surface area (Å²) < 4.78 is 1.37. The van der Waals surface area contributed by atoms with Gasteiger partial charge in [-0.2, -0.15) is 9.50 Å². The van der Waals surface area contributed by atoms with E-state index in [2.05, 4.69) is 15.1 Å². The van der Waals surface area contributed by atoms with Crippen LogP contribution in [0.4, 0.5) is 0 Å². The average Bonchev–Trinajstić information content (AvgIpc) is 2.83. The van der Waals surface area contributed by atoms with Gasteiger partial charge in [0, 0.05) is 18.1 Å². The number of H-pyrrole nitrogens is 1. The molecule has 0 aliphatic carbocycles. The van der Waals surface area contributed by atoms with Crippen molar-refractivity contribution in [2.24, 2.45) is 0 Å². The van der Waals surface area contributed by atoms with Crippen molar-refractivity contribution in [3.63, 3.8) is 0 Å². The number of rotatable bonds is 2. The van der Waals surface area contributed by atoms with E-state index in [1.54, 1.807) is 0 Å². The first-order valence-electron chi connectivity index (χ1n) is 6.23. The van der Waals surface area contributed by atoms with Crippen LogP contribution in [0.3, 0.4) is 0 Å². The maximum absolute atomic E-state index is 12.0. The number of benzene rings is 1. The van der Waals surface area contributed by atoms with Crippen LogP contribution in [0.25, 0.3) is 17.0 Å². The average molecular weight is 254 g/mol. The molecule has 3 aromatic rings. The van der Waals surface area contributed by atoms with Gasteiger partial charge in [-0.05, 0) is 6.92 Å². The third-order valence-electron chi connectivity index (χ3n) is 3.06. The van der Waals surface area contributed by atoms with Crippen molar-refractivity contribution in [2.75, 3.05) is 0 Å². The van der Waals surface area contributed by atoms with Crippen LogP contribution in [0.5, 0.6) is 0 Å². The molecule has 19 heavy (non-hydrogen) atoms. The lowest BCUT2D eigenvalue weighted by atomic mass is 10.1. The molecule has 2 aromatic heterocycles. The number of nitrogens with one attached hydrogen (secondary N) is 1. The Balaban J connectivity index is 2.20. The van der Waals surface area contributed by atoms with Crippen LogP contribution < -0.4 is 5.56 Å². The summed E-state index contributed by atoms with van der Waals surface area (Å²) >= 11 is 0. The van der Waals surface area contributed by atoms with Gasteiger partial charge in [0.1, 0.15) is 5.82 Å². The molecule has 5 heteroatoms. The summed E-state index contributed by atoms with van der Waals surface area (Å²) in [5.41, 5.74) is 2.60. The topological polar surface area (TPSA) is 63.1 Å². The van der Waals surface area contributed by atoms with Crippen molar-refractivity contribution < 1.29 is 0 Å². The molecule has 0 saturated carbocycles. The van der Waals surface area contributed by atoms with Gasteiger partial charge < -0.3 is 0 Å². The highest BCUT2D eigenvalue weighted by atomic mass is 16.1. The van der Waals surface area contributed by atoms with Crippen LogP contribution in [-0.4, -0.2) is 19.6 Å². The second-order valence-corrected chi connectivity index (χ2v) is 4.50. The Morgan fingerprint density at radius 3 is 2.63 bits per heavy atom. The minimum Gasteiger partial charge on any atom is -0.275 e. The minimum absolute atomic E-state index is 0.146. The van der Waals surface area contributed by atoms with E-state index in [-0.39, 0.29) is 5.56 Å². The van der Waals surface area contributed by atoms with Gasteiger partial charge >= 0.3 is 0 Å². The molecule has 0 atom stereocenters. The van der Waals surface area contributed by atoms with E-state index < -0.39 is 0 Å². The highest BCUT2D eigenvalue weighted by Crippen LogP contribution is 2.16. The Hall–Kier alpha value is -2.43. The summed E-state index contributed by atoms with van der Waals surface area (Å²) in [5.74, 6) is 1.17. The molecule has 0 fully saturated rings. The van der Waals surface area contributed by atoms with Crippen LogP contribution in [0, 0.1) is 6.92 Å². The summed E-state index contributed by atoms with van der Waals surface area (Å²) in [4.78, 5) is 20.7. The fourth-order valence-electron chi connectivity index (χ4n) is 1.96. The van der Waals surface area contributed by atoms with Crippen LogP contribution in [0.1, 0.15) is 18.3 Å². The molecule has 0 saturated heterocycles. The summed E-state index contributed by atoms with van der Waals surface area (Å²) in [6.07, 6.45) is 0.739. The van der Waals surface area contributed by atoms with Crippen molar-refractivity contribution in [1.29, 1.82) is 0 Å². The molecule has 0 unspecified atom stereocenters. The van der Waals surface area contributed by atoms with Crippen molar-refractivity contribution in [3.05, 3.63) is 52.1 Å². The van der Waals surface area contributed by atoms with Crippen LogP contribution in [0.2, 0.25) is 0 Å². The SMILES string of the molecule is CCc1nc2nc(-c3ccc(C)cc3)cc(=O)n2[nH]1. The molecule has 3 rings (SSSR count). The van der Waals surface area contributed by atoms with Crippen LogP contribution in [-0.2, 0) is 6.42 Å². The maximum Gasteiger partial charge on any atom is 0.274 e. The molecule has 0 spiro atoms. The fourth-order valence-corrected chi connectivity index (χ4v) is 1.96. The Labute approximate surface area is 109 Å². The molecule has 2 heterocycles. The molecule has 0 amide bonds. The molecule has 96 valence electrons. The molecular formula is C14H14N4O. The molecule has 0 radical (unpaired) electrons. The largest absolute Gasteiger partial charge is 0.275 e. The zero-order chi connectivity index (χ0) is 13.4. The van der Waals surface area contributed by atoms with Gasteiger partial charge in [0.15, 0.2) is 0 Å². The summed E-state index contributed by atoms with van der Waals surface area (Å²) in [6.45, 7) is 4.00. The van der Waals surface area contributed by atoms with Gasteiger partial charge in [0.05, 0.1) is 5.69 Å². The number of hydrogen-bond acceptors (Lipinski definition) is 3. The van der Waals surface area contributed by atoms with E-state index in [1.165, 1.54) is 16.1 Å². The molecule has 5 nitrogen and oxygen atoms in total. The number of nitrogens with zero attached hydrogens (tertiary/aromatic N) is 3. The van der Waals surface area contributed by atoms with Crippen molar-refractivity contribution in [3.8, 4) is 11.3 Å². The standard InChI is InChI=1S/C14H14N4O/c1-3-12-16-14-15-11(8-13(19)18(14)17-12)10-6-4-9(2)5-7-10/h4-8H,3H2,1-2H3,(H,15,16,17). The predicted molar refractivity (Wildman–Crippen MR) is 73.2 cm³/mol. The smallest absolute Gasteiger partial charge is 0.274 e. The molecule has 0 aliphatic heterocycles. The number of aromatic amines is 1. The molecule has 0 bridgehead atoms. The molecular weight excluding hydrogens is 240 g/mol. The lowest BCUT2D eigenvalue weighted by Crippen LogP contribution is -2.14. The Bertz CT molecular complexity index is 783. The van der Waals surface area contributed by atoms with Gasteiger partial charge in [-0.25, -0.2) is 4.98 Å². The second-order valence-electron chi connectivity index (χ2n) is 4.50. The Morgan fingerprint density at radius 2 is 1.95 bits per heavy atom. The number of aromatic nitrogens is 4. The minimum atomic E-state index is -0.146. The summed E-state index contributed by atoms with van der Waals surface area (Å²) in [7, 11) is 0. The predicted octanol–water partition coefficient (Wildman–Crippen LogP) is 1.96. The first kappa shape index (κ1) is 11.6. The normalized spacial score (nSPS) is 11.1. The third kappa shape index (κ3) is 2.03. The number of aryl methyl sites for hydroxylation is 2. The quantitative estimate of drug-likeness (QED) is 0.760. The second kappa shape index (κ2) is 4.35. The lowest BCUT2D eigenvalue weighted by Gasteiger charge is -2.00. The van der Waals surface area contributed by atoms with Crippen molar-refractivity contribution in [1.82, 2.24) is 19.6 Å². The number of hydrogen-bond donors (Lipinski definition) is 1. The molecule has 1 N–H and O–H groups in total. The first-order chi connectivity index (χ1) is 9.17. The van der Waals surface area contributed by atoms with Gasteiger partial charge in [-0.15, -0.1) is 0 Å². The van der Waals surface area contributed by atoms with Gasteiger partial charge in [0.25, 0.3) is 11.3 Å². The zero-order valence-corrected chi connectivity index (χ0v) is 10.8. The van der Waals surface area contributed by atoms with Crippen LogP contribution in [0.15, 0.2) is 35.1 Å². The van der Waals surface area contributed by atoms with E-state index in [0.29, 0.717) is 11.5 Å². The van der Waals surface area contributed by atoms with Crippen molar-refractivity contribution >= 4 is 5.78 Å². The van der Waals surface area contributed by atoms with E-state index in [1.807, 2.05) is 38.1 Å². The Kier molecular flexibility index (Phi) is 2.67. The van der Waals surface area contributed by atoms with Crippen molar-refractivity contribution in [2.45, 2.75) is 20.3 Å². The van der Waals surface area contributed by atoms with E-state index >= 15 is 0 Å². The fraction of sp³-hybridized carbons (Fsp3) is 0.214. The third-order valence-corrected chi connectivity index (χ3v) is 3.06.